The summed E-state index contributed by atoms with van der Waals surface area (Å²) in [4.78, 5) is 16.0. The molecule has 0 aliphatic rings. The molecule has 22 heavy (non-hydrogen) atoms. The van der Waals surface area contributed by atoms with Gasteiger partial charge in [-0.15, -0.1) is 0 Å². The maximum atomic E-state index is 11.8. The van der Waals surface area contributed by atoms with Gasteiger partial charge in [-0.25, -0.2) is 4.98 Å². The van der Waals surface area contributed by atoms with Crippen LogP contribution in [0.15, 0.2) is 34.9 Å². The molecular weight excluding hydrogens is 304 g/mol. The van der Waals surface area contributed by atoms with Gasteiger partial charge in [-0.2, -0.15) is 0 Å². The van der Waals surface area contributed by atoms with Gasteiger partial charge in [0.25, 0.3) is 0 Å². The van der Waals surface area contributed by atoms with Crippen LogP contribution >= 0.6 is 11.6 Å². The third-order valence-electron chi connectivity index (χ3n) is 3.07. The van der Waals surface area contributed by atoms with Crippen LogP contribution in [0.2, 0.25) is 5.02 Å². The standard InChI is InChI=1S/C16H19ClN2O3/c1-11(10-21-2)19-15(20)7-8-16-18-9-14(22-16)12-3-5-13(17)6-4-12/h3-6,9,11H,7-8,10H2,1-2H3,(H,19,20)/t11-/m1/s1. The molecule has 0 radical (unpaired) electrons. The predicted octanol–water partition coefficient (Wildman–Crippen LogP) is 3.08. The lowest BCUT2D eigenvalue weighted by atomic mass is 10.2. The number of rotatable bonds is 7. The zero-order valence-electron chi connectivity index (χ0n) is 12.6. The van der Waals surface area contributed by atoms with Gasteiger partial charge >= 0.3 is 0 Å². The predicted molar refractivity (Wildman–Crippen MR) is 84.8 cm³/mol. The van der Waals surface area contributed by atoms with Crippen molar-refractivity contribution in [2.75, 3.05) is 13.7 Å². The molecule has 0 saturated heterocycles. The van der Waals surface area contributed by atoms with Crippen molar-refractivity contribution in [3.05, 3.63) is 41.4 Å². The van der Waals surface area contributed by atoms with Crippen molar-refractivity contribution < 1.29 is 13.9 Å². The topological polar surface area (TPSA) is 64.4 Å². The average Bonchev–Trinajstić information content (AvgIpc) is 2.95. The lowest BCUT2D eigenvalue weighted by molar-refractivity contribution is -0.122. The molecule has 6 heteroatoms. The first-order chi connectivity index (χ1) is 10.6. The molecule has 0 fully saturated rings. The van der Waals surface area contributed by atoms with Crippen molar-refractivity contribution in [2.24, 2.45) is 0 Å². The quantitative estimate of drug-likeness (QED) is 0.850. The number of ether oxygens (including phenoxy) is 1. The lowest BCUT2D eigenvalue weighted by Crippen LogP contribution is -2.35. The van der Waals surface area contributed by atoms with Gasteiger partial charge in [-0.05, 0) is 31.2 Å². The molecule has 118 valence electrons. The number of benzene rings is 1. The fourth-order valence-electron chi connectivity index (χ4n) is 2.03. The minimum Gasteiger partial charge on any atom is -0.441 e. The lowest BCUT2D eigenvalue weighted by Gasteiger charge is -2.11. The Kier molecular flexibility index (Phi) is 5.98. The molecule has 1 N–H and O–H groups in total. The summed E-state index contributed by atoms with van der Waals surface area (Å²) in [5.41, 5.74) is 0.904. The van der Waals surface area contributed by atoms with Crippen molar-refractivity contribution >= 4 is 17.5 Å². The highest BCUT2D eigenvalue weighted by Crippen LogP contribution is 2.22. The molecule has 1 atom stereocenters. The summed E-state index contributed by atoms with van der Waals surface area (Å²) in [7, 11) is 1.60. The van der Waals surface area contributed by atoms with E-state index in [1.165, 1.54) is 0 Å². The molecule has 1 heterocycles. The van der Waals surface area contributed by atoms with Crippen molar-refractivity contribution in [1.29, 1.82) is 0 Å². The number of nitrogens with zero attached hydrogens (tertiary/aromatic N) is 1. The number of oxazole rings is 1. The molecule has 0 saturated carbocycles. The first-order valence-electron chi connectivity index (χ1n) is 7.07. The normalized spacial score (nSPS) is 12.1. The maximum absolute atomic E-state index is 11.8. The molecule has 0 spiro atoms. The molecular formula is C16H19ClN2O3. The second-order valence-electron chi connectivity index (χ2n) is 5.05. The molecule has 1 amide bonds. The van der Waals surface area contributed by atoms with E-state index in [4.69, 9.17) is 20.8 Å². The van der Waals surface area contributed by atoms with Crippen LogP contribution < -0.4 is 5.32 Å². The van der Waals surface area contributed by atoms with Crippen LogP contribution in [-0.2, 0) is 16.0 Å². The summed E-state index contributed by atoms with van der Waals surface area (Å²) in [6.45, 7) is 2.39. The zero-order chi connectivity index (χ0) is 15.9. The number of aromatic nitrogens is 1. The minimum atomic E-state index is -0.0456. The second-order valence-corrected chi connectivity index (χ2v) is 5.49. The van der Waals surface area contributed by atoms with Crippen molar-refractivity contribution in [3.63, 3.8) is 0 Å². The monoisotopic (exact) mass is 322 g/mol. The van der Waals surface area contributed by atoms with E-state index >= 15 is 0 Å². The van der Waals surface area contributed by atoms with Crippen LogP contribution in [0.25, 0.3) is 11.3 Å². The highest BCUT2D eigenvalue weighted by Gasteiger charge is 2.11. The Morgan fingerprint density at radius 3 is 2.82 bits per heavy atom. The summed E-state index contributed by atoms with van der Waals surface area (Å²) < 4.78 is 10.6. The Bertz CT molecular complexity index is 610. The summed E-state index contributed by atoms with van der Waals surface area (Å²) in [6, 6.07) is 7.32. The molecule has 0 bridgehead atoms. The number of hydrogen-bond donors (Lipinski definition) is 1. The zero-order valence-corrected chi connectivity index (χ0v) is 13.4. The van der Waals surface area contributed by atoms with Crippen molar-refractivity contribution in [3.8, 4) is 11.3 Å². The van der Waals surface area contributed by atoms with E-state index in [-0.39, 0.29) is 11.9 Å². The van der Waals surface area contributed by atoms with Crippen molar-refractivity contribution in [1.82, 2.24) is 10.3 Å². The van der Waals surface area contributed by atoms with Gasteiger partial charge in [-0.1, -0.05) is 11.6 Å². The molecule has 2 rings (SSSR count). The molecule has 0 aliphatic heterocycles. The van der Waals surface area contributed by atoms with E-state index < -0.39 is 0 Å². The number of hydrogen-bond acceptors (Lipinski definition) is 4. The smallest absolute Gasteiger partial charge is 0.220 e. The van der Waals surface area contributed by atoms with Gasteiger partial charge in [0, 0.05) is 36.6 Å². The number of nitrogens with one attached hydrogen (secondary N) is 1. The molecule has 2 aromatic rings. The molecule has 0 aliphatic carbocycles. The van der Waals surface area contributed by atoms with Crippen LogP contribution in [0.1, 0.15) is 19.2 Å². The van der Waals surface area contributed by atoms with E-state index in [2.05, 4.69) is 10.3 Å². The average molecular weight is 323 g/mol. The van der Waals surface area contributed by atoms with E-state index in [9.17, 15) is 4.79 Å². The van der Waals surface area contributed by atoms with Crippen molar-refractivity contribution in [2.45, 2.75) is 25.8 Å². The maximum Gasteiger partial charge on any atom is 0.220 e. The minimum absolute atomic E-state index is 0.00770. The number of carbonyl (C=O) groups is 1. The summed E-state index contributed by atoms with van der Waals surface area (Å²) in [5.74, 6) is 1.16. The number of carbonyl (C=O) groups excluding carboxylic acids is 1. The van der Waals surface area contributed by atoms with E-state index in [0.29, 0.717) is 36.1 Å². The Morgan fingerprint density at radius 2 is 2.14 bits per heavy atom. The third kappa shape index (κ3) is 4.86. The Labute approximate surface area is 134 Å². The van der Waals surface area contributed by atoms with Crippen LogP contribution in [0.5, 0.6) is 0 Å². The third-order valence-corrected chi connectivity index (χ3v) is 3.32. The first kappa shape index (κ1) is 16.5. The fraction of sp³-hybridized carbons (Fsp3) is 0.375. The van der Waals surface area contributed by atoms with Crippen LogP contribution in [0, 0.1) is 0 Å². The Hall–Kier alpha value is -1.85. The Balaban J connectivity index is 1.87. The van der Waals surface area contributed by atoms with Gasteiger partial charge in [0.2, 0.25) is 5.91 Å². The van der Waals surface area contributed by atoms with E-state index in [1.807, 2.05) is 19.1 Å². The fourth-order valence-corrected chi connectivity index (χ4v) is 2.16. The van der Waals surface area contributed by atoms with Crippen LogP contribution in [0.3, 0.4) is 0 Å². The van der Waals surface area contributed by atoms with Gasteiger partial charge in [0.1, 0.15) is 0 Å². The van der Waals surface area contributed by atoms with Crippen LogP contribution in [-0.4, -0.2) is 30.6 Å². The van der Waals surface area contributed by atoms with E-state index in [1.54, 1.807) is 25.4 Å². The molecule has 1 aromatic heterocycles. The van der Waals surface area contributed by atoms with Gasteiger partial charge < -0.3 is 14.5 Å². The first-order valence-corrected chi connectivity index (χ1v) is 7.45. The van der Waals surface area contributed by atoms with Gasteiger partial charge in [-0.3, -0.25) is 4.79 Å². The van der Waals surface area contributed by atoms with Gasteiger partial charge in [0.15, 0.2) is 11.7 Å². The SMILES string of the molecule is COC[C@@H](C)NC(=O)CCc1ncc(-c2ccc(Cl)cc2)o1. The number of halogens is 1. The van der Waals surface area contributed by atoms with Gasteiger partial charge in [0.05, 0.1) is 12.8 Å². The molecule has 0 unspecified atom stereocenters. The highest BCUT2D eigenvalue weighted by atomic mass is 35.5. The summed E-state index contributed by atoms with van der Waals surface area (Å²) >= 11 is 5.85. The number of aryl methyl sites for hydroxylation is 1. The number of amides is 1. The van der Waals surface area contributed by atoms with Crippen LogP contribution in [0.4, 0.5) is 0 Å². The number of methoxy groups -OCH3 is 1. The van der Waals surface area contributed by atoms with E-state index in [0.717, 1.165) is 5.56 Å². The summed E-state index contributed by atoms with van der Waals surface area (Å²) in [5, 5.41) is 3.52. The molecule has 1 aromatic carbocycles. The molecule has 5 nitrogen and oxygen atoms in total. The Morgan fingerprint density at radius 1 is 1.41 bits per heavy atom. The second kappa shape index (κ2) is 7.96. The summed E-state index contributed by atoms with van der Waals surface area (Å²) in [6.07, 6.45) is 2.44. The highest BCUT2D eigenvalue weighted by molar-refractivity contribution is 6.30. The largest absolute Gasteiger partial charge is 0.441 e.